The first-order chi connectivity index (χ1) is 15.9. The van der Waals surface area contributed by atoms with Gasteiger partial charge in [-0.1, -0.05) is 62.2 Å². The molecule has 1 aliphatic rings. The van der Waals surface area contributed by atoms with Gasteiger partial charge in [-0.2, -0.15) is 0 Å². The van der Waals surface area contributed by atoms with Gasteiger partial charge >= 0.3 is 0 Å². The molecule has 1 aromatic heterocycles. The zero-order valence-electron chi connectivity index (χ0n) is 18.8. The van der Waals surface area contributed by atoms with E-state index in [9.17, 15) is 9.59 Å². The Morgan fingerprint density at radius 3 is 2.45 bits per heavy atom. The maximum absolute atomic E-state index is 12.8. The van der Waals surface area contributed by atoms with E-state index in [0.29, 0.717) is 22.3 Å². The predicted molar refractivity (Wildman–Crippen MR) is 133 cm³/mol. The molecular formula is C25H27ClN4O2S. The number of Topliss-reactive ketones (excluding diaryl/α,β-unsaturated/α-hetero) is 1. The van der Waals surface area contributed by atoms with Gasteiger partial charge in [-0.25, -0.2) is 0 Å². The lowest BCUT2D eigenvalue weighted by molar-refractivity contribution is -0.118. The van der Waals surface area contributed by atoms with Crippen LogP contribution in [-0.4, -0.2) is 32.2 Å². The van der Waals surface area contributed by atoms with Gasteiger partial charge in [-0.05, 0) is 49.2 Å². The standard InChI is InChI=1S/C25H27ClN4O2S/c1-16(2)24(32)27-18-13-11-17(12-14-18)22(31)15-33-25-29-28-23(20-9-5-6-10-21(20)26)30(25)19-7-3-4-8-19/h5-6,9-14,16,19H,3-4,7-8,15H2,1-2H3,(H,27,32). The number of aromatic nitrogens is 3. The fraction of sp³-hybridized carbons (Fsp3) is 0.360. The van der Waals surface area contributed by atoms with Crippen molar-refractivity contribution in [1.29, 1.82) is 0 Å². The van der Waals surface area contributed by atoms with Crippen LogP contribution in [0, 0.1) is 5.92 Å². The molecule has 0 aliphatic heterocycles. The molecule has 1 amide bonds. The van der Waals surface area contributed by atoms with Crippen LogP contribution in [0.5, 0.6) is 0 Å². The highest BCUT2D eigenvalue weighted by Gasteiger charge is 2.26. The fourth-order valence-corrected chi connectivity index (χ4v) is 5.05. The van der Waals surface area contributed by atoms with Gasteiger partial charge in [0.05, 0.1) is 10.8 Å². The van der Waals surface area contributed by atoms with E-state index in [0.717, 1.165) is 29.4 Å². The Balaban J connectivity index is 1.49. The van der Waals surface area contributed by atoms with Crippen molar-refractivity contribution in [3.8, 4) is 11.4 Å². The number of nitrogens with zero attached hydrogens (tertiary/aromatic N) is 3. The van der Waals surface area contributed by atoms with Crippen molar-refractivity contribution in [2.45, 2.75) is 50.7 Å². The molecule has 3 aromatic rings. The second-order valence-electron chi connectivity index (χ2n) is 8.53. The Bertz CT molecular complexity index is 1140. The number of rotatable bonds is 8. The van der Waals surface area contributed by atoms with Gasteiger partial charge < -0.3 is 5.32 Å². The first-order valence-electron chi connectivity index (χ1n) is 11.2. The second kappa shape index (κ2) is 10.5. The van der Waals surface area contributed by atoms with Gasteiger partial charge in [0.15, 0.2) is 16.8 Å². The summed E-state index contributed by atoms with van der Waals surface area (Å²) < 4.78 is 2.16. The molecule has 6 nitrogen and oxygen atoms in total. The third-order valence-corrected chi connectivity index (χ3v) is 7.07. The topological polar surface area (TPSA) is 76.9 Å². The molecule has 1 fully saturated rings. The molecule has 172 valence electrons. The lowest BCUT2D eigenvalue weighted by Crippen LogP contribution is -2.17. The first-order valence-corrected chi connectivity index (χ1v) is 12.6. The molecule has 1 heterocycles. The van der Waals surface area contributed by atoms with E-state index in [1.165, 1.54) is 24.6 Å². The van der Waals surface area contributed by atoms with Crippen molar-refractivity contribution < 1.29 is 9.59 Å². The average Bonchev–Trinajstić information content (AvgIpc) is 3.48. The van der Waals surface area contributed by atoms with Crippen LogP contribution in [0.4, 0.5) is 5.69 Å². The third kappa shape index (κ3) is 5.47. The third-order valence-electron chi connectivity index (χ3n) is 5.80. The van der Waals surface area contributed by atoms with Gasteiger partial charge in [0, 0.05) is 28.8 Å². The minimum absolute atomic E-state index is 0.00185. The van der Waals surface area contributed by atoms with Crippen LogP contribution >= 0.6 is 23.4 Å². The number of carbonyl (C=O) groups excluding carboxylic acids is 2. The van der Waals surface area contributed by atoms with Crippen LogP contribution < -0.4 is 5.32 Å². The number of hydrogen-bond acceptors (Lipinski definition) is 5. The van der Waals surface area contributed by atoms with Gasteiger partial charge in [0.25, 0.3) is 0 Å². The quantitative estimate of drug-likeness (QED) is 0.302. The van der Waals surface area contributed by atoms with Gasteiger partial charge in [-0.15, -0.1) is 10.2 Å². The highest BCUT2D eigenvalue weighted by molar-refractivity contribution is 7.99. The lowest BCUT2D eigenvalue weighted by atomic mass is 10.1. The number of amides is 1. The summed E-state index contributed by atoms with van der Waals surface area (Å²) in [6.45, 7) is 3.68. The van der Waals surface area contributed by atoms with Crippen LogP contribution in [0.1, 0.15) is 55.9 Å². The van der Waals surface area contributed by atoms with Gasteiger partial charge in [0.1, 0.15) is 0 Å². The van der Waals surface area contributed by atoms with E-state index in [4.69, 9.17) is 11.6 Å². The molecular weight excluding hydrogens is 456 g/mol. The summed E-state index contributed by atoms with van der Waals surface area (Å²) in [6, 6.07) is 15.0. The zero-order valence-corrected chi connectivity index (χ0v) is 20.3. The van der Waals surface area contributed by atoms with E-state index >= 15 is 0 Å². The summed E-state index contributed by atoms with van der Waals surface area (Å²) >= 11 is 7.85. The Morgan fingerprint density at radius 1 is 1.09 bits per heavy atom. The number of halogens is 1. The summed E-state index contributed by atoms with van der Waals surface area (Å²) in [7, 11) is 0. The average molecular weight is 483 g/mol. The van der Waals surface area contributed by atoms with E-state index in [2.05, 4.69) is 20.1 Å². The highest BCUT2D eigenvalue weighted by atomic mass is 35.5. The maximum Gasteiger partial charge on any atom is 0.226 e. The molecule has 0 spiro atoms. The fourth-order valence-electron chi connectivity index (χ4n) is 3.93. The largest absolute Gasteiger partial charge is 0.326 e. The van der Waals surface area contributed by atoms with Crippen LogP contribution in [-0.2, 0) is 4.79 Å². The number of ketones is 1. The molecule has 0 bridgehead atoms. The Labute approximate surface area is 203 Å². The smallest absolute Gasteiger partial charge is 0.226 e. The van der Waals surface area contributed by atoms with Crippen molar-refractivity contribution in [2.75, 3.05) is 11.1 Å². The minimum Gasteiger partial charge on any atom is -0.326 e. The first kappa shape index (κ1) is 23.5. The highest BCUT2D eigenvalue weighted by Crippen LogP contribution is 2.38. The summed E-state index contributed by atoms with van der Waals surface area (Å²) in [5.74, 6) is 0.862. The molecule has 33 heavy (non-hydrogen) atoms. The van der Waals surface area contributed by atoms with Crippen LogP contribution in [0.25, 0.3) is 11.4 Å². The summed E-state index contributed by atoms with van der Waals surface area (Å²) in [5, 5.41) is 13.1. The van der Waals surface area contributed by atoms with Crippen LogP contribution in [0.15, 0.2) is 53.7 Å². The Hall–Kier alpha value is -2.64. The number of anilines is 1. The molecule has 1 N–H and O–H groups in total. The second-order valence-corrected chi connectivity index (χ2v) is 9.88. The van der Waals surface area contributed by atoms with E-state index in [1.807, 2.05) is 38.1 Å². The lowest BCUT2D eigenvalue weighted by Gasteiger charge is -2.17. The van der Waals surface area contributed by atoms with Crippen molar-refractivity contribution in [3.63, 3.8) is 0 Å². The predicted octanol–water partition coefficient (Wildman–Crippen LogP) is 6.28. The molecule has 0 saturated heterocycles. The van der Waals surface area contributed by atoms with Crippen molar-refractivity contribution in [1.82, 2.24) is 14.8 Å². The number of nitrogens with one attached hydrogen (secondary N) is 1. The molecule has 0 unspecified atom stereocenters. The number of thioether (sulfide) groups is 1. The van der Waals surface area contributed by atoms with Crippen molar-refractivity contribution >= 4 is 40.7 Å². The molecule has 1 saturated carbocycles. The molecule has 4 rings (SSSR count). The SMILES string of the molecule is CC(C)C(=O)Nc1ccc(C(=O)CSc2nnc(-c3ccccc3Cl)n2C2CCCC2)cc1. The summed E-state index contributed by atoms with van der Waals surface area (Å²) in [5.41, 5.74) is 2.14. The molecule has 0 atom stereocenters. The monoisotopic (exact) mass is 482 g/mol. The van der Waals surface area contributed by atoms with Crippen LogP contribution in [0.3, 0.4) is 0 Å². The Kier molecular flexibility index (Phi) is 7.50. The maximum atomic E-state index is 12.8. The van der Waals surface area contributed by atoms with Gasteiger partial charge in [-0.3, -0.25) is 14.2 Å². The minimum atomic E-state index is -0.101. The van der Waals surface area contributed by atoms with E-state index in [1.54, 1.807) is 24.3 Å². The van der Waals surface area contributed by atoms with Crippen LogP contribution in [0.2, 0.25) is 5.02 Å². The van der Waals surface area contributed by atoms with Crippen molar-refractivity contribution in [3.05, 3.63) is 59.1 Å². The van der Waals surface area contributed by atoms with Gasteiger partial charge in [0.2, 0.25) is 5.91 Å². The molecule has 8 heteroatoms. The van der Waals surface area contributed by atoms with E-state index in [-0.39, 0.29) is 23.4 Å². The van der Waals surface area contributed by atoms with Crippen molar-refractivity contribution in [2.24, 2.45) is 5.92 Å². The summed E-state index contributed by atoms with van der Waals surface area (Å²) in [4.78, 5) is 24.7. The zero-order chi connectivity index (χ0) is 23.4. The van der Waals surface area contributed by atoms with E-state index < -0.39 is 0 Å². The molecule has 2 aromatic carbocycles. The number of benzene rings is 2. The molecule has 1 aliphatic carbocycles. The number of hydrogen-bond donors (Lipinski definition) is 1. The summed E-state index contributed by atoms with van der Waals surface area (Å²) in [6.07, 6.45) is 4.49. The number of carbonyl (C=O) groups is 2. The normalized spacial score (nSPS) is 14.1. The molecule has 0 radical (unpaired) electrons. The Morgan fingerprint density at radius 2 is 1.79 bits per heavy atom.